The summed E-state index contributed by atoms with van der Waals surface area (Å²) < 4.78 is 4.78. The summed E-state index contributed by atoms with van der Waals surface area (Å²) in [5.74, 6) is 0. The van der Waals surface area contributed by atoms with Gasteiger partial charge in [-0.2, -0.15) is 5.01 Å². The first-order valence-electron chi connectivity index (χ1n) is 4.97. The van der Waals surface area contributed by atoms with Gasteiger partial charge in [-0.25, -0.2) is 10.2 Å². The molecule has 0 spiro atoms. The maximum atomic E-state index is 11.4. The molecule has 98 valence electrons. The molecule has 0 saturated carbocycles. The van der Waals surface area contributed by atoms with Crippen LogP contribution in [0.1, 0.15) is 6.92 Å². The number of carbonyl (C=O) groups excluding carboxylic acids is 1. The summed E-state index contributed by atoms with van der Waals surface area (Å²) in [6, 6.07) is 0. The second-order valence-corrected chi connectivity index (χ2v) is 4.25. The van der Waals surface area contributed by atoms with Crippen LogP contribution < -0.4 is 5.43 Å². The van der Waals surface area contributed by atoms with Crippen molar-refractivity contribution in [3.63, 3.8) is 0 Å². The lowest BCUT2D eigenvalue weighted by atomic mass is 10.7. The van der Waals surface area contributed by atoms with Crippen LogP contribution in [-0.4, -0.2) is 65.9 Å². The van der Waals surface area contributed by atoms with Gasteiger partial charge in [-0.3, -0.25) is 0 Å². The molecule has 0 aromatic rings. The van der Waals surface area contributed by atoms with Crippen molar-refractivity contribution in [2.45, 2.75) is 6.92 Å². The fourth-order valence-electron chi connectivity index (χ4n) is 0.832. The predicted molar refractivity (Wildman–Crippen MR) is 74.6 cm³/mol. The topological polar surface area (TPSA) is 48.1 Å². The number of ether oxygens (including phenoxy) is 1. The molecule has 0 fully saturated rings. The van der Waals surface area contributed by atoms with Gasteiger partial charge in [-0.05, 0) is 31.4 Å². The Labute approximate surface area is 112 Å². The van der Waals surface area contributed by atoms with Crippen LogP contribution in [0.3, 0.4) is 0 Å². The molecule has 0 aromatic carbocycles. The van der Waals surface area contributed by atoms with Crippen molar-refractivity contribution >= 4 is 40.8 Å². The Bertz CT molecular complexity index is 287. The molecule has 0 bridgehead atoms. The first-order valence-corrected chi connectivity index (χ1v) is 5.79. The Balaban J connectivity index is 4.80. The SMILES string of the molecule is CCOC(=O)NN(C(=S)N(C)C)C(=S)N(C)C. The highest BCUT2D eigenvalue weighted by Gasteiger charge is 2.20. The molecule has 6 nitrogen and oxygen atoms in total. The summed E-state index contributed by atoms with van der Waals surface area (Å²) in [5, 5.41) is 2.07. The normalized spacial score (nSPS) is 9.24. The van der Waals surface area contributed by atoms with Gasteiger partial charge in [0.05, 0.1) is 6.61 Å². The first-order chi connectivity index (χ1) is 7.81. The van der Waals surface area contributed by atoms with Crippen LogP contribution in [-0.2, 0) is 4.74 Å². The number of hydrogen-bond donors (Lipinski definition) is 1. The van der Waals surface area contributed by atoms with Crippen LogP contribution in [0.4, 0.5) is 4.79 Å². The van der Waals surface area contributed by atoms with Crippen LogP contribution in [0, 0.1) is 0 Å². The minimum atomic E-state index is -0.596. The van der Waals surface area contributed by atoms with Crippen molar-refractivity contribution in [1.82, 2.24) is 20.2 Å². The van der Waals surface area contributed by atoms with Gasteiger partial charge in [0.2, 0.25) is 0 Å². The average Bonchev–Trinajstić information content (AvgIpc) is 2.24. The van der Waals surface area contributed by atoms with Crippen LogP contribution >= 0.6 is 24.4 Å². The zero-order valence-corrected chi connectivity index (χ0v) is 12.3. The molecule has 0 aromatic heterocycles. The van der Waals surface area contributed by atoms with E-state index < -0.39 is 6.09 Å². The van der Waals surface area contributed by atoms with E-state index in [1.807, 2.05) is 0 Å². The Morgan fingerprint density at radius 2 is 1.53 bits per heavy atom. The van der Waals surface area contributed by atoms with Crippen molar-refractivity contribution in [2.75, 3.05) is 34.8 Å². The predicted octanol–water partition coefficient (Wildman–Crippen LogP) is 0.642. The Morgan fingerprint density at radius 3 is 1.82 bits per heavy atom. The molecular formula is C9H18N4O2S2. The Kier molecular flexibility index (Phi) is 6.74. The van der Waals surface area contributed by atoms with E-state index in [1.54, 1.807) is 44.9 Å². The fourth-order valence-corrected chi connectivity index (χ4v) is 1.15. The van der Waals surface area contributed by atoms with Gasteiger partial charge < -0.3 is 14.5 Å². The van der Waals surface area contributed by atoms with Gasteiger partial charge in [0.1, 0.15) is 0 Å². The van der Waals surface area contributed by atoms with Crippen molar-refractivity contribution in [3.05, 3.63) is 0 Å². The molecule has 8 heteroatoms. The first kappa shape index (κ1) is 15.9. The largest absolute Gasteiger partial charge is 0.449 e. The number of thiocarbonyl (C=S) groups is 2. The van der Waals surface area contributed by atoms with Crippen LogP contribution in [0.25, 0.3) is 0 Å². The molecule has 0 aliphatic rings. The molecule has 0 unspecified atom stereocenters. The summed E-state index contributed by atoms with van der Waals surface area (Å²) in [7, 11) is 7.06. The molecule has 0 aliphatic heterocycles. The van der Waals surface area contributed by atoms with Gasteiger partial charge in [-0.15, -0.1) is 0 Å². The zero-order valence-electron chi connectivity index (χ0n) is 10.7. The summed E-state index contributed by atoms with van der Waals surface area (Å²) in [6.45, 7) is 2.00. The maximum absolute atomic E-state index is 11.4. The lowest BCUT2D eigenvalue weighted by molar-refractivity contribution is 0.138. The van der Waals surface area contributed by atoms with Gasteiger partial charge in [0, 0.05) is 28.2 Å². The molecule has 0 radical (unpaired) electrons. The summed E-state index contributed by atoms with van der Waals surface area (Å²) in [6.07, 6.45) is -0.596. The number of nitrogens with zero attached hydrogens (tertiary/aromatic N) is 3. The van der Waals surface area contributed by atoms with E-state index in [0.29, 0.717) is 10.2 Å². The molecule has 0 rings (SSSR count). The van der Waals surface area contributed by atoms with Gasteiger partial charge in [-0.1, -0.05) is 0 Å². The smallest absolute Gasteiger partial charge is 0.426 e. The molecular weight excluding hydrogens is 260 g/mol. The Morgan fingerprint density at radius 1 is 1.12 bits per heavy atom. The lowest BCUT2D eigenvalue weighted by Gasteiger charge is -2.31. The molecule has 0 saturated heterocycles. The molecule has 0 aliphatic carbocycles. The number of nitrogens with one attached hydrogen (secondary N) is 1. The number of rotatable bonds is 1. The monoisotopic (exact) mass is 278 g/mol. The van der Waals surface area contributed by atoms with E-state index in [9.17, 15) is 4.79 Å². The Hall–Kier alpha value is -1.15. The van der Waals surface area contributed by atoms with Crippen molar-refractivity contribution in [2.24, 2.45) is 0 Å². The van der Waals surface area contributed by atoms with Crippen LogP contribution in [0.2, 0.25) is 0 Å². The number of hydrogen-bond acceptors (Lipinski definition) is 4. The van der Waals surface area contributed by atoms with E-state index in [4.69, 9.17) is 29.2 Å². The summed E-state index contributed by atoms with van der Waals surface area (Å²) in [4.78, 5) is 14.7. The van der Waals surface area contributed by atoms with E-state index in [1.165, 1.54) is 5.01 Å². The summed E-state index contributed by atoms with van der Waals surface area (Å²) >= 11 is 10.3. The number of carbonyl (C=O) groups is 1. The van der Waals surface area contributed by atoms with E-state index in [-0.39, 0.29) is 6.61 Å². The zero-order chi connectivity index (χ0) is 13.6. The third-order valence-corrected chi connectivity index (χ3v) is 2.72. The second-order valence-electron chi connectivity index (χ2n) is 3.52. The number of hydrazine groups is 1. The average molecular weight is 278 g/mol. The molecule has 1 N–H and O–H groups in total. The minimum absolute atomic E-state index is 0.281. The van der Waals surface area contributed by atoms with Crippen LogP contribution in [0.5, 0.6) is 0 Å². The van der Waals surface area contributed by atoms with Crippen molar-refractivity contribution in [3.8, 4) is 0 Å². The van der Waals surface area contributed by atoms with Crippen molar-refractivity contribution < 1.29 is 9.53 Å². The van der Waals surface area contributed by atoms with Gasteiger partial charge in [0.25, 0.3) is 0 Å². The fraction of sp³-hybridized carbons (Fsp3) is 0.667. The van der Waals surface area contributed by atoms with Gasteiger partial charge in [0.15, 0.2) is 10.2 Å². The minimum Gasteiger partial charge on any atom is -0.449 e. The van der Waals surface area contributed by atoms with E-state index in [2.05, 4.69) is 5.43 Å². The van der Waals surface area contributed by atoms with E-state index in [0.717, 1.165) is 0 Å². The lowest BCUT2D eigenvalue weighted by Crippen LogP contribution is -2.56. The van der Waals surface area contributed by atoms with Crippen LogP contribution in [0.15, 0.2) is 0 Å². The maximum Gasteiger partial charge on any atom is 0.426 e. The number of amides is 1. The quantitative estimate of drug-likeness (QED) is 0.558. The van der Waals surface area contributed by atoms with E-state index >= 15 is 0 Å². The molecule has 0 heterocycles. The highest BCUT2D eigenvalue weighted by molar-refractivity contribution is 7.81. The summed E-state index contributed by atoms with van der Waals surface area (Å²) in [5.41, 5.74) is 2.49. The highest BCUT2D eigenvalue weighted by Crippen LogP contribution is 1.98. The molecule has 1 amide bonds. The standard InChI is InChI=1S/C9H18N4O2S2/c1-6-15-7(14)10-13(8(16)11(2)3)9(17)12(4)5/h6H2,1-5H3,(H,10,14). The molecule has 17 heavy (non-hydrogen) atoms. The highest BCUT2D eigenvalue weighted by atomic mass is 32.1. The third-order valence-electron chi connectivity index (χ3n) is 1.63. The molecule has 0 atom stereocenters. The van der Waals surface area contributed by atoms with Crippen molar-refractivity contribution in [1.29, 1.82) is 0 Å². The van der Waals surface area contributed by atoms with Gasteiger partial charge >= 0.3 is 6.09 Å². The second kappa shape index (κ2) is 7.23. The third kappa shape index (κ3) is 5.14.